The molecule has 0 aliphatic heterocycles. The highest BCUT2D eigenvalue weighted by molar-refractivity contribution is 9.10. The molecule has 0 saturated heterocycles. The average Bonchev–Trinajstić information content (AvgIpc) is 2.42. The van der Waals surface area contributed by atoms with Gasteiger partial charge in [0, 0.05) is 18.1 Å². The van der Waals surface area contributed by atoms with Crippen LogP contribution in [0.15, 0.2) is 40.9 Å². The SMILES string of the molecule is CN(Cc1ccc(F)c(F)c1)C(=O)c1ccc(Br)cc1F. The first-order chi connectivity index (χ1) is 9.88. The molecule has 2 aromatic rings. The van der Waals surface area contributed by atoms with Crippen LogP contribution in [0.1, 0.15) is 15.9 Å². The van der Waals surface area contributed by atoms with E-state index in [1.54, 1.807) is 6.07 Å². The Morgan fingerprint density at radius 1 is 1.05 bits per heavy atom. The predicted molar refractivity (Wildman–Crippen MR) is 76.3 cm³/mol. The van der Waals surface area contributed by atoms with Crippen molar-refractivity contribution in [2.24, 2.45) is 0 Å². The molecule has 0 unspecified atom stereocenters. The van der Waals surface area contributed by atoms with E-state index in [1.807, 2.05) is 0 Å². The summed E-state index contributed by atoms with van der Waals surface area (Å²) in [7, 11) is 1.46. The van der Waals surface area contributed by atoms with E-state index in [-0.39, 0.29) is 12.1 Å². The first-order valence-corrected chi connectivity index (χ1v) is 6.82. The van der Waals surface area contributed by atoms with E-state index < -0.39 is 23.4 Å². The topological polar surface area (TPSA) is 20.3 Å². The van der Waals surface area contributed by atoms with Crippen LogP contribution >= 0.6 is 15.9 Å². The summed E-state index contributed by atoms with van der Waals surface area (Å²) >= 11 is 3.11. The minimum atomic E-state index is -0.983. The number of carbonyl (C=O) groups is 1. The van der Waals surface area contributed by atoms with Crippen LogP contribution in [0, 0.1) is 17.5 Å². The summed E-state index contributed by atoms with van der Waals surface area (Å²) in [5, 5.41) is 0. The fourth-order valence-corrected chi connectivity index (χ4v) is 2.19. The monoisotopic (exact) mass is 357 g/mol. The normalized spacial score (nSPS) is 10.5. The molecular weight excluding hydrogens is 347 g/mol. The Balaban J connectivity index is 2.17. The molecule has 0 radical (unpaired) electrons. The number of nitrogens with zero attached hydrogens (tertiary/aromatic N) is 1. The number of carbonyl (C=O) groups excluding carboxylic acids is 1. The van der Waals surface area contributed by atoms with E-state index in [4.69, 9.17) is 0 Å². The Morgan fingerprint density at radius 2 is 1.76 bits per heavy atom. The maximum Gasteiger partial charge on any atom is 0.256 e. The van der Waals surface area contributed by atoms with Crippen molar-refractivity contribution in [1.82, 2.24) is 4.90 Å². The Bertz CT molecular complexity index is 691. The van der Waals surface area contributed by atoms with Gasteiger partial charge in [0.1, 0.15) is 5.82 Å². The molecule has 0 atom stereocenters. The summed E-state index contributed by atoms with van der Waals surface area (Å²) in [6.45, 7) is 0.0472. The van der Waals surface area contributed by atoms with E-state index in [2.05, 4.69) is 15.9 Å². The van der Waals surface area contributed by atoms with E-state index in [0.717, 1.165) is 12.1 Å². The molecule has 0 fully saturated rings. The molecule has 1 amide bonds. The lowest BCUT2D eigenvalue weighted by atomic mass is 10.1. The Hall–Kier alpha value is -1.82. The summed E-state index contributed by atoms with van der Waals surface area (Å²) in [5.74, 6) is -3.12. The lowest BCUT2D eigenvalue weighted by Crippen LogP contribution is -2.27. The summed E-state index contributed by atoms with van der Waals surface area (Å²) in [6, 6.07) is 7.49. The third-order valence-electron chi connectivity index (χ3n) is 2.91. The second kappa shape index (κ2) is 6.30. The van der Waals surface area contributed by atoms with Crippen molar-refractivity contribution in [2.75, 3.05) is 7.05 Å². The van der Waals surface area contributed by atoms with Gasteiger partial charge in [-0.25, -0.2) is 13.2 Å². The molecule has 21 heavy (non-hydrogen) atoms. The van der Waals surface area contributed by atoms with Crippen LogP contribution in [0.3, 0.4) is 0 Å². The summed E-state index contributed by atoms with van der Waals surface area (Å²) in [4.78, 5) is 13.4. The average molecular weight is 358 g/mol. The molecule has 0 aliphatic carbocycles. The molecular formula is C15H11BrF3NO. The van der Waals surface area contributed by atoms with E-state index in [0.29, 0.717) is 10.0 Å². The van der Waals surface area contributed by atoms with Gasteiger partial charge in [0.25, 0.3) is 5.91 Å². The van der Waals surface area contributed by atoms with Gasteiger partial charge in [0.2, 0.25) is 0 Å². The largest absolute Gasteiger partial charge is 0.337 e. The summed E-state index contributed by atoms with van der Waals surface area (Å²) in [6.07, 6.45) is 0. The minimum absolute atomic E-state index is 0.0472. The number of amides is 1. The van der Waals surface area contributed by atoms with Crippen molar-refractivity contribution in [3.63, 3.8) is 0 Å². The number of halogens is 4. The lowest BCUT2D eigenvalue weighted by molar-refractivity contribution is 0.0780. The number of hydrogen-bond donors (Lipinski definition) is 0. The molecule has 2 nitrogen and oxygen atoms in total. The van der Waals surface area contributed by atoms with Crippen molar-refractivity contribution in [1.29, 1.82) is 0 Å². The van der Waals surface area contributed by atoms with Crippen LogP contribution in [-0.4, -0.2) is 17.9 Å². The first kappa shape index (κ1) is 15.6. The highest BCUT2D eigenvalue weighted by Crippen LogP contribution is 2.18. The van der Waals surface area contributed by atoms with Crippen LogP contribution in [0.2, 0.25) is 0 Å². The Morgan fingerprint density at radius 3 is 2.38 bits per heavy atom. The molecule has 6 heteroatoms. The standard InChI is InChI=1S/C15H11BrF3NO/c1-20(8-9-2-5-12(17)14(19)6-9)15(21)11-4-3-10(16)7-13(11)18/h2-7H,8H2,1H3. The highest BCUT2D eigenvalue weighted by Gasteiger charge is 2.17. The van der Waals surface area contributed by atoms with Gasteiger partial charge in [-0.05, 0) is 35.9 Å². The zero-order valence-corrected chi connectivity index (χ0v) is 12.6. The Labute approximate surface area is 128 Å². The van der Waals surface area contributed by atoms with Gasteiger partial charge in [-0.2, -0.15) is 0 Å². The third kappa shape index (κ3) is 3.64. The second-order valence-corrected chi connectivity index (χ2v) is 5.45. The number of rotatable bonds is 3. The van der Waals surface area contributed by atoms with Gasteiger partial charge in [-0.15, -0.1) is 0 Å². The van der Waals surface area contributed by atoms with E-state index >= 15 is 0 Å². The third-order valence-corrected chi connectivity index (χ3v) is 3.41. The van der Waals surface area contributed by atoms with Gasteiger partial charge in [-0.1, -0.05) is 22.0 Å². The first-order valence-electron chi connectivity index (χ1n) is 6.03. The van der Waals surface area contributed by atoms with Gasteiger partial charge >= 0.3 is 0 Å². The second-order valence-electron chi connectivity index (χ2n) is 4.53. The van der Waals surface area contributed by atoms with E-state index in [1.165, 1.54) is 30.1 Å². The van der Waals surface area contributed by atoms with Crippen molar-refractivity contribution in [3.05, 3.63) is 69.4 Å². The summed E-state index contributed by atoms with van der Waals surface area (Å²) < 4.78 is 40.2. The predicted octanol–water partition coefficient (Wildman–Crippen LogP) is 4.14. The van der Waals surface area contributed by atoms with Crippen LogP contribution in [0.25, 0.3) is 0 Å². The fourth-order valence-electron chi connectivity index (χ4n) is 1.85. The molecule has 110 valence electrons. The quantitative estimate of drug-likeness (QED) is 0.808. The molecule has 0 aliphatic rings. The van der Waals surface area contributed by atoms with Crippen LogP contribution in [0.5, 0.6) is 0 Å². The molecule has 0 aromatic heterocycles. The molecule has 0 bridgehead atoms. The zero-order chi connectivity index (χ0) is 15.6. The lowest BCUT2D eigenvalue weighted by Gasteiger charge is -2.18. The molecule has 0 spiro atoms. The van der Waals surface area contributed by atoms with Gasteiger partial charge < -0.3 is 4.90 Å². The van der Waals surface area contributed by atoms with E-state index in [9.17, 15) is 18.0 Å². The van der Waals surface area contributed by atoms with Crippen LogP contribution < -0.4 is 0 Å². The highest BCUT2D eigenvalue weighted by atomic mass is 79.9. The Kier molecular flexibility index (Phi) is 4.67. The fraction of sp³-hybridized carbons (Fsp3) is 0.133. The van der Waals surface area contributed by atoms with Crippen LogP contribution in [-0.2, 0) is 6.54 Å². The van der Waals surface area contributed by atoms with Gasteiger partial charge in [-0.3, -0.25) is 4.79 Å². The zero-order valence-electron chi connectivity index (χ0n) is 11.0. The molecule has 0 N–H and O–H groups in total. The van der Waals surface area contributed by atoms with Gasteiger partial charge in [0.15, 0.2) is 11.6 Å². The summed E-state index contributed by atoms with van der Waals surface area (Å²) in [5.41, 5.74) is 0.338. The van der Waals surface area contributed by atoms with Crippen molar-refractivity contribution in [3.8, 4) is 0 Å². The smallest absolute Gasteiger partial charge is 0.256 e. The van der Waals surface area contributed by atoms with Crippen molar-refractivity contribution in [2.45, 2.75) is 6.54 Å². The van der Waals surface area contributed by atoms with Crippen molar-refractivity contribution < 1.29 is 18.0 Å². The maximum absolute atomic E-state index is 13.7. The van der Waals surface area contributed by atoms with Crippen molar-refractivity contribution >= 4 is 21.8 Å². The maximum atomic E-state index is 13.7. The minimum Gasteiger partial charge on any atom is -0.337 e. The molecule has 2 aromatic carbocycles. The molecule has 0 heterocycles. The molecule has 0 saturated carbocycles. The van der Waals surface area contributed by atoms with Crippen LogP contribution in [0.4, 0.5) is 13.2 Å². The van der Waals surface area contributed by atoms with Gasteiger partial charge in [0.05, 0.1) is 5.56 Å². The number of hydrogen-bond acceptors (Lipinski definition) is 1. The number of benzene rings is 2. The molecule has 2 rings (SSSR count).